The van der Waals surface area contributed by atoms with E-state index >= 15 is 0 Å². The molecule has 152 valence electrons. The molecule has 0 amide bonds. The van der Waals surface area contributed by atoms with E-state index in [1.54, 1.807) is 53.7 Å². The van der Waals surface area contributed by atoms with E-state index in [9.17, 15) is 9.59 Å². The van der Waals surface area contributed by atoms with Gasteiger partial charge in [0.2, 0.25) is 0 Å². The summed E-state index contributed by atoms with van der Waals surface area (Å²) in [5.41, 5.74) is 0.834. The number of nitrogens with zero attached hydrogens (tertiary/aromatic N) is 7. The molecule has 0 aliphatic heterocycles. The van der Waals surface area contributed by atoms with E-state index in [1.807, 2.05) is 0 Å². The average Bonchev–Trinajstić information content (AvgIpc) is 3.33. The topological polar surface area (TPSA) is 92.5 Å². The highest BCUT2D eigenvalue weighted by atomic mass is 79.9. The van der Waals surface area contributed by atoms with Gasteiger partial charge in [0.1, 0.15) is 5.69 Å². The monoisotopic (exact) mass is 487 g/mol. The molecule has 11 heteroatoms. The summed E-state index contributed by atoms with van der Waals surface area (Å²) < 4.78 is 6.06. The molecule has 0 N–H and O–H groups in total. The number of halogens is 2. The van der Waals surface area contributed by atoms with Crippen molar-refractivity contribution in [1.29, 1.82) is 0 Å². The fourth-order valence-corrected chi connectivity index (χ4v) is 3.64. The third kappa shape index (κ3) is 3.46. The first-order chi connectivity index (χ1) is 14.4. The van der Waals surface area contributed by atoms with Crippen LogP contribution in [-0.2, 0) is 20.1 Å². The van der Waals surface area contributed by atoms with E-state index in [1.165, 1.54) is 4.57 Å². The van der Waals surface area contributed by atoms with E-state index in [4.69, 9.17) is 11.6 Å². The highest BCUT2D eigenvalue weighted by Gasteiger charge is 2.19. The summed E-state index contributed by atoms with van der Waals surface area (Å²) in [5.74, 6) is 5.71. The number of hydrogen-bond acceptors (Lipinski definition) is 5. The van der Waals surface area contributed by atoms with Gasteiger partial charge in [-0.15, -0.1) is 11.0 Å². The van der Waals surface area contributed by atoms with Gasteiger partial charge >= 0.3 is 5.69 Å². The van der Waals surface area contributed by atoms with Crippen molar-refractivity contribution in [1.82, 2.24) is 33.7 Å². The molecule has 0 unspecified atom stereocenters. The summed E-state index contributed by atoms with van der Waals surface area (Å²) >= 11 is 9.26. The largest absolute Gasteiger partial charge is 0.332 e. The maximum absolute atomic E-state index is 13.2. The van der Waals surface area contributed by atoms with Crippen LogP contribution in [0.5, 0.6) is 0 Å². The van der Waals surface area contributed by atoms with Gasteiger partial charge in [0.05, 0.1) is 25.0 Å². The quantitative estimate of drug-likeness (QED) is 0.323. The minimum Gasteiger partial charge on any atom is -0.301 e. The van der Waals surface area contributed by atoms with Crippen molar-refractivity contribution >= 4 is 38.7 Å². The van der Waals surface area contributed by atoms with Crippen LogP contribution in [0.4, 0.5) is 0 Å². The first kappa shape index (κ1) is 20.1. The summed E-state index contributed by atoms with van der Waals surface area (Å²) in [6.07, 6.45) is 1.66. The molecule has 0 saturated carbocycles. The zero-order valence-corrected chi connectivity index (χ0v) is 18.3. The molecule has 0 aliphatic carbocycles. The van der Waals surface area contributed by atoms with Gasteiger partial charge in [-0.05, 0) is 47.1 Å². The Bertz CT molecular complexity index is 1430. The van der Waals surface area contributed by atoms with Gasteiger partial charge in [-0.2, -0.15) is 0 Å². The molecular formula is C19H15BrClN7O2. The number of aromatic nitrogens is 7. The van der Waals surface area contributed by atoms with Crippen LogP contribution in [0.25, 0.3) is 16.9 Å². The third-order valence-electron chi connectivity index (χ3n) is 4.55. The zero-order chi connectivity index (χ0) is 21.4. The van der Waals surface area contributed by atoms with Gasteiger partial charge in [-0.3, -0.25) is 13.9 Å². The van der Waals surface area contributed by atoms with Gasteiger partial charge in [-0.25, -0.2) is 14.5 Å². The minimum absolute atomic E-state index is 0.0305. The number of benzene rings is 1. The molecule has 3 aromatic heterocycles. The molecule has 4 aromatic rings. The van der Waals surface area contributed by atoms with E-state index in [0.717, 1.165) is 10.3 Å². The van der Waals surface area contributed by atoms with Crippen molar-refractivity contribution in [2.75, 3.05) is 0 Å². The van der Waals surface area contributed by atoms with Gasteiger partial charge in [0.15, 0.2) is 15.9 Å². The highest BCUT2D eigenvalue weighted by Crippen LogP contribution is 2.16. The van der Waals surface area contributed by atoms with Crippen molar-refractivity contribution in [3.8, 4) is 17.5 Å². The lowest BCUT2D eigenvalue weighted by atomic mass is 10.3. The second kappa shape index (κ2) is 7.93. The fourth-order valence-electron chi connectivity index (χ4n) is 3.04. The average molecular weight is 489 g/mol. The lowest BCUT2D eigenvalue weighted by Gasteiger charge is -2.07. The molecule has 1 aromatic carbocycles. The zero-order valence-electron chi connectivity index (χ0n) is 16.0. The molecule has 30 heavy (non-hydrogen) atoms. The van der Waals surface area contributed by atoms with Gasteiger partial charge in [0.25, 0.3) is 5.56 Å². The van der Waals surface area contributed by atoms with Gasteiger partial charge in [0, 0.05) is 12.1 Å². The van der Waals surface area contributed by atoms with Crippen molar-refractivity contribution in [2.24, 2.45) is 7.05 Å². The molecule has 0 radical (unpaired) electrons. The van der Waals surface area contributed by atoms with Crippen LogP contribution >= 0.6 is 27.5 Å². The normalized spacial score (nSPS) is 10.9. The lowest BCUT2D eigenvalue weighted by Crippen LogP contribution is -2.40. The van der Waals surface area contributed by atoms with Crippen LogP contribution < -0.4 is 11.2 Å². The molecule has 0 fully saturated rings. The second-order valence-corrected chi connectivity index (χ2v) is 7.58. The van der Waals surface area contributed by atoms with E-state index in [2.05, 4.69) is 43.1 Å². The molecular weight excluding hydrogens is 474 g/mol. The predicted octanol–water partition coefficient (Wildman–Crippen LogP) is 1.96. The van der Waals surface area contributed by atoms with Crippen LogP contribution in [0.15, 0.2) is 44.8 Å². The number of hydrogen-bond donors (Lipinski definition) is 0. The first-order valence-corrected chi connectivity index (χ1v) is 10.00. The number of fused-ring (bicyclic) bond motifs is 1. The molecule has 0 saturated heterocycles. The molecule has 0 spiro atoms. The predicted molar refractivity (Wildman–Crippen MR) is 116 cm³/mol. The lowest BCUT2D eigenvalue weighted by molar-refractivity contribution is 0.643. The van der Waals surface area contributed by atoms with Gasteiger partial charge < -0.3 is 4.57 Å². The molecule has 0 atom stereocenters. The summed E-state index contributed by atoms with van der Waals surface area (Å²) in [6.45, 7) is 1.95. The maximum Gasteiger partial charge on any atom is 0.332 e. The Hall–Kier alpha value is -3.16. The SMILES string of the molecule is CC#CCn1c(Br)nc2c1c(=O)n(Cc1cn(-c3ccc(Cl)cc3)nn1)c(=O)n2C. The van der Waals surface area contributed by atoms with Crippen molar-refractivity contribution < 1.29 is 0 Å². The van der Waals surface area contributed by atoms with Gasteiger partial charge in [-0.1, -0.05) is 22.7 Å². The molecule has 4 rings (SSSR count). The van der Waals surface area contributed by atoms with Crippen LogP contribution in [0, 0.1) is 11.8 Å². The summed E-state index contributed by atoms with van der Waals surface area (Å²) in [4.78, 5) is 30.3. The van der Waals surface area contributed by atoms with Crippen LogP contribution in [0.1, 0.15) is 12.6 Å². The molecule has 9 nitrogen and oxygen atoms in total. The molecule has 0 bridgehead atoms. The second-order valence-electron chi connectivity index (χ2n) is 6.43. The van der Waals surface area contributed by atoms with E-state index < -0.39 is 11.2 Å². The van der Waals surface area contributed by atoms with Crippen molar-refractivity contribution in [3.63, 3.8) is 0 Å². The maximum atomic E-state index is 13.2. The summed E-state index contributed by atoms with van der Waals surface area (Å²) in [7, 11) is 1.57. The third-order valence-corrected chi connectivity index (χ3v) is 5.41. The Labute approximate surface area is 183 Å². The summed E-state index contributed by atoms with van der Waals surface area (Å²) in [6, 6.07) is 7.07. The molecule has 0 aliphatic rings. The van der Waals surface area contributed by atoms with Crippen LogP contribution in [0.2, 0.25) is 5.02 Å². The molecule has 3 heterocycles. The Morgan fingerprint density at radius 1 is 1.17 bits per heavy atom. The first-order valence-electron chi connectivity index (χ1n) is 8.83. The Morgan fingerprint density at radius 3 is 2.60 bits per heavy atom. The number of rotatable bonds is 4. The smallest absolute Gasteiger partial charge is 0.301 e. The standard InChI is InChI=1S/C19H15BrClN7O2/c1-3-4-9-26-15-16(22-18(26)20)25(2)19(30)27(17(15)29)10-13-11-28(24-23-13)14-7-5-12(21)6-8-14/h5-8,11H,9-10H2,1-2H3. The number of aryl methyl sites for hydroxylation is 1. The minimum atomic E-state index is -0.493. The summed E-state index contributed by atoms with van der Waals surface area (Å²) in [5, 5.41) is 8.78. The van der Waals surface area contributed by atoms with Crippen molar-refractivity contribution in [3.05, 3.63) is 66.8 Å². The highest BCUT2D eigenvalue weighted by molar-refractivity contribution is 9.10. The van der Waals surface area contributed by atoms with Crippen molar-refractivity contribution in [2.45, 2.75) is 20.0 Å². The van der Waals surface area contributed by atoms with Crippen LogP contribution in [0.3, 0.4) is 0 Å². The fraction of sp³-hybridized carbons (Fsp3) is 0.211. The van der Waals surface area contributed by atoms with Crippen LogP contribution in [-0.4, -0.2) is 33.7 Å². The Morgan fingerprint density at radius 2 is 1.90 bits per heavy atom. The van der Waals surface area contributed by atoms with E-state index in [0.29, 0.717) is 15.5 Å². The number of imidazole rings is 1. The Balaban J connectivity index is 1.80. The van der Waals surface area contributed by atoms with E-state index in [-0.39, 0.29) is 24.3 Å². The Kier molecular flexibility index (Phi) is 5.32.